The van der Waals surface area contributed by atoms with E-state index in [2.05, 4.69) is 16.7 Å². The molecular formula is C18H18N2O2. The van der Waals surface area contributed by atoms with Gasteiger partial charge in [0.05, 0.1) is 5.92 Å². The lowest BCUT2D eigenvalue weighted by Gasteiger charge is -2.11. The van der Waals surface area contributed by atoms with Gasteiger partial charge in [0.25, 0.3) is 0 Å². The standard InChI is InChI=1S/C18H18N2O2/c1-11-7-12(2)9-13(8-11)19-17(21)10-15-14-5-3-4-6-16(14)20-18(15)22/h3-9,15H,10H2,1-2H3,(H,19,21)(H,20,22). The van der Waals surface area contributed by atoms with Gasteiger partial charge in [0, 0.05) is 17.8 Å². The first-order valence-electron chi connectivity index (χ1n) is 7.31. The van der Waals surface area contributed by atoms with E-state index in [1.54, 1.807) is 0 Å². The molecule has 0 aromatic heterocycles. The second-order valence-corrected chi connectivity index (χ2v) is 5.76. The lowest BCUT2D eigenvalue weighted by Crippen LogP contribution is -2.20. The fourth-order valence-corrected chi connectivity index (χ4v) is 2.92. The van der Waals surface area contributed by atoms with Gasteiger partial charge in [-0.1, -0.05) is 24.3 Å². The molecule has 1 aliphatic heterocycles. The van der Waals surface area contributed by atoms with Gasteiger partial charge < -0.3 is 10.6 Å². The molecular weight excluding hydrogens is 276 g/mol. The van der Waals surface area contributed by atoms with Crippen molar-refractivity contribution in [2.75, 3.05) is 10.6 Å². The minimum Gasteiger partial charge on any atom is -0.326 e. The van der Waals surface area contributed by atoms with Crippen molar-refractivity contribution in [3.63, 3.8) is 0 Å². The van der Waals surface area contributed by atoms with Crippen LogP contribution in [0.25, 0.3) is 0 Å². The molecule has 0 spiro atoms. The highest BCUT2D eigenvalue weighted by Crippen LogP contribution is 2.34. The molecule has 4 heteroatoms. The van der Waals surface area contributed by atoms with E-state index in [9.17, 15) is 9.59 Å². The predicted molar refractivity (Wildman–Crippen MR) is 87.0 cm³/mol. The molecule has 1 atom stereocenters. The lowest BCUT2D eigenvalue weighted by atomic mass is 9.97. The van der Waals surface area contributed by atoms with E-state index in [4.69, 9.17) is 0 Å². The number of amides is 2. The third kappa shape index (κ3) is 2.86. The molecule has 2 aromatic carbocycles. The normalized spacial score (nSPS) is 16.1. The highest BCUT2D eigenvalue weighted by Gasteiger charge is 2.31. The predicted octanol–water partition coefficient (Wildman–Crippen LogP) is 3.37. The highest BCUT2D eigenvalue weighted by molar-refractivity contribution is 6.06. The maximum Gasteiger partial charge on any atom is 0.232 e. The average Bonchev–Trinajstić information content (AvgIpc) is 2.74. The zero-order valence-corrected chi connectivity index (χ0v) is 12.6. The van der Waals surface area contributed by atoms with Crippen molar-refractivity contribution in [3.8, 4) is 0 Å². The molecule has 0 radical (unpaired) electrons. The summed E-state index contributed by atoms with van der Waals surface area (Å²) in [6, 6.07) is 13.4. The van der Waals surface area contributed by atoms with Gasteiger partial charge in [-0.05, 0) is 48.7 Å². The first-order chi connectivity index (χ1) is 10.5. The van der Waals surface area contributed by atoms with E-state index in [-0.39, 0.29) is 18.2 Å². The number of benzene rings is 2. The summed E-state index contributed by atoms with van der Waals surface area (Å²) in [5, 5.41) is 5.70. The second-order valence-electron chi connectivity index (χ2n) is 5.76. The van der Waals surface area contributed by atoms with Crippen LogP contribution < -0.4 is 10.6 Å². The summed E-state index contributed by atoms with van der Waals surface area (Å²) in [5.74, 6) is -0.680. The van der Waals surface area contributed by atoms with Crippen molar-refractivity contribution >= 4 is 23.2 Å². The summed E-state index contributed by atoms with van der Waals surface area (Å²) >= 11 is 0. The molecule has 2 aromatic rings. The summed E-state index contributed by atoms with van der Waals surface area (Å²) in [4.78, 5) is 24.3. The van der Waals surface area contributed by atoms with Crippen LogP contribution >= 0.6 is 0 Å². The van der Waals surface area contributed by atoms with Crippen LogP contribution in [0.4, 0.5) is 11.4 Å². The van der Waals surface area contributed by atoms with Gasteiger partial charge in [0.2, 0.25) is 11.8 Å². The van der Waals surface area contributed by atoms with Crippen LogP contribution in [0.1, 0.15) is 29.0 Å². The number of carbonyl (C=O) groups is 2. The van der Waals surface area contributed by atoms with E-state index < -0.39 is 5.92 Å². The number of fused-ring (bicyclic) bond motifs is 1. The number of aryl methyl sites for hydroxylation is 2. The molecule has 1 heterocycles. The molecule has 0 bridgehead atoms. The number of rotatable bonds is 3. The van der Waals surface area contributed by atoms with Crippen LogP contribution in [0.5, 0.6) is 0 Å². The fourth-order valence-electron chi connectivity index (χ4n) is 2.92. The number of nitrogens with one attached hydrogen (secondary N) is 2. The topological polar surface area (TPSA) is 58.2 Å². The fraction of sp³-hybridized carbons (Fsp3) is 0.222. The Morgan fingerprint density at radius 2 is 1.82 bits per heavy atom. The number of para-hydroxylation sites is 1. The number of hydrogen-bond donors (Lipinski definition) is 2. The average molecular weight is 294 g/mol. The van der Waals surface area contributed by atoms with Crippen molar-refractivity contribution in [2.24, 2.45) is 0 Å². The van der Waals surface area contributed by atoms with E-state index in [1.807, 2.05) is 50.2 Å². The molecule has 1 unspecified atom stereocenters. The Morgan fingerprint density at radius 1 is 1.14 bits per heavy atom. The van der Waals surface area contributed by atoms with Gasteiger partial charge in [-0.15, -0.1) is 0 Å². The van der Waals surface area contributed by atoms with Crippen molar-refractivity contribution in [1.82, 2.24) is 0 Å². The van der Waals surface area contributed by atoms with Crippen LogP contribution in [0.3, 0.4) is 0 Å². The van der Waals surface area contributed by atoms with Gasteiger partial charge in [0.1, 0.15) is 0 Å². The molecule has 22 heavy (non-hydrogen) atoms. The van der Waals surface area contributed by atoms with E-state index >= 15 is 0 Å². The largest absolute Gasteiger partial charge is 0.326 e. The monoisotopic (exact) mass is 294 g/mol. The van der Waals surface area contributed by atoms with Crippen molar-refractivity contribution in [2.45, 2.75) is 26.2 Å². The molecule has 4 nitrogen and oxygen atoms in total. The van der Waals surface area contributed by atoms with Crippen LogP contribution in [0, 0.1) is 13.8 Å². The smallest absolute Gasteiger partial charge is 0.232 e. The van der Waals surface area contributed by atoms with E-state index in [1.165, 1.54) is 0 Å². The highest BCUT2D eigenvalue weighted by atomic mass is 16.2. The molecule has 2 N–H and O–H groups in total. The number of carbonyl (C=O) groups excluding carboxylic acids is 2. The molecule has 0 saturated carbocycles. The first-order valence-corrected chi connectivity index (χ1v) is 7.31. The van der Waals surface area contributed by atoms with Crippen molar-refractivity contribution in [1.29, 1.82) is 0 Å². The summed E-state index contributed by atoms with van der Waals surface area (Å²) in [5.41, 5.74) is 4.66. The zero-order valence-electron chi connectivity index (χ0n) is 12.6. The summed E-state index contributed by atoms with van der Waals surface area (Å²) < 4.78 is 0. The molecule has 1 aliphatic rings. The third-order valence-electron chi connectivity index (χ3n) is 3.81. The lowest BCUT2D eigenvalue weighted by molar-refractivity contribution is -0.122. The van der Waals surface area contributed by atoms with E-state index in [0.717, 1.165) is 28.1 Å². The molecule has 0 fully saturated rings. The summed E-state index contributed by atoms with van der Waals surface area (Å²) in [6.07, 6.45) is 0.149. The zero-order chi connectivity index (χ0) is 15.7. The second kappa shape index (κ2) is 5.64. The Bertz CT molecular complexity index is 732. The van der Waals surface area contributed by atoms with Crippen molar-refractivity contribution in [3.05, 3.63) is 59.2 Å². The number of anilines is 2. The van der Waals surface area contributed by atoms with Gasteiger partial charge in [-0.3, -0.25) is 9.59 Å². The number of hydrogen-bond acceptors (Lipinski definition) is 2. The van der Waals surface area contributed by atoms with Crippen LogP contribution in [-0.2, 0) is 9.59 Å². The summed E-state index contributed by atoms with van der Waals surface area (Å²) in [6.45, 7) is 3.98. The summed E-state index contributed by atoms with van der Waals surface area (Å²) in [7, 11) is 0. The van der Waals surface area contributed by atoms with Crippen LogP contribution in [-0.4, -0.2) is 11.8 Å². The third-order valence-corrected chi connectivity index (χ3v) is 3.81. The minimum atomic E-state index is -0.415. The molecule has 3 rings (SSSR count). The maximum atomic E-state index is 12.3. The van der Waals surface area contributed by atoms with Crippen LogP contribution in [0.15, 0.2) is 42.5 Å². The maximum absolute atomic E-state index is 12.3. The quantitative estimate of drug-likeness (QED) is 0.912. The Hall–Kier alpha value is -2.62. The van der Waals surface area contributed by atoms with Gasteiger partial charge in [-0.25, -0.2) is 0 Å². The Kier molecular flexibility index (Phi) is 3.67. The Balaban J connectivity index is 1.73. The van der Waals surface area contributed by atoms with Gasteiger partial charge in [-0.2, -0.15) is 0 Å². The minimum absolute atomic E-state index is 0.114. The molecule has 0 saturated heterocycles. The first kappa shape index (κ1) is 14.3. The molecule has 112 valence electrons. The molecule has 0 aliphatic carbocycles. The van der Waals surface area contributed by atoms with E-state index in [0.29, 0.717) is 0 Å². The SMILES string of the molecule is Cc1cc(C)cc(NC(=O)CC2C(=O)Nc3ccccc32)c1. The van der Waals surface area contributed by atoms with Gasteiger partial charge in [0.15, 0.2) is 0 Å². The van der Waals surface area contributed by atoms with Crippen molar-refractivity contribution < 1.29 is 9.59 Å². The Labute approximate surface area is 129 Å². The van der Waals surface area contributed by atoms with Gasteiger partial charge >= 0.3 is 0 Å². The Morgan fingerprint density at radius 3 is 2.55 bits per heavy atom. The van der Waals surface area contributed by atoms with Crippen LogP contribution in [0.2, 0.25) is 0 Å². The molecule has 2 amide bonds.